The van der Waals surface area contributed by atoms with E-state index in [0.717, 1.165) is 32.0 Å². The Morgan fingerprint density at radius 1 is 1.19 bits per heavy atom. The summed E-state index contributed by atoms with van der Waals surface area (Å²) in [7, 11) is 1.72. The second kappa shape index (κ2) is 13.6. The highest BCUT2D eigenvalue weighted by atomic mass is 16.5. The average Bonchev–Trinajstić information content (AvgIpc) is 2.64. The summed E-state index contributed by atoms with van der Waals surface area (Å²) in [5.41, 5.74) is 2.38. The van der Waals surface area contributed by atoms with E-state index in [1.807, 2.05) is 0 Å². The lowest BCUT2D eigenvalue weighted by molar-refractivity contribution is 0.185. The van der Waals surface area contributed by atoms with Gasteiger partial charge in [0.15, 0.2) is 5.96 Å². The summed E-state index contributed by atoms with van der Waals surface area (Å²) in [5.74, 6) is 0.889. The molecule has 0 aliphatic heterocycles. The van der Waals surface area contributed by atoms with Crippen molar-refractivity contribution in [1.29, 1.82) is 0 Å². The number of nitrogens with one attached hydrogen (secondary N) is 2. The highest BCUT2D eigenvalue weighted by molar-refractivity contribution is 5.80. The van der Waals surface area contributed by atoms with Gasteiger partial charge in [0.2, 0.25) is 0 Å². The van der Waals surface area contributed by atoms with Gasteiger partial charge in [0.1, 0.15) is 0 Å². The van der Waals surface area contributed by atoms with Crippen LogP contribution in [0, 0.1) is 0 Å². The molecule has 1 aromatic carbocycles. The number of nitrogens with zero attached hydrogens (tertiary/aromatic N) is 2. The number of rotatable bonds is 12. The maximum absolute atomic E-state index is 5.21. The minimum atomic E-state index is 0.406. The molecule has 5 heteroatoms. The van der Waals surface area contributed by atoms with E-state index in [0.29, 0.717) is 19.2 Å². The maximum Gasteiger partial charge on any atom is 0.191 e. The molecule has 0 aromatic heterocycles. The molecule has 0 spiro atoms. The van der Waals surface area contributed by atoms with Crippen LogP contribution in [0.3, 0.4) is 0 Å². The van der Waals surface area contributed by atoms with Crippen LogP contribution in [0.1, 0.15) is 51.7 Å². The van der Waals surface area contributed by atoms with Crippen LogP contribution in [-0.4, -0.2) is 50.2 Å². The third-order valence-electron chi connectivity index (χ3n) is 4.46. The molecule has 0 fully saturated rings. The molecule has 0 heterocycles. The van der Waals surface area contributed by atoms with Gasteiger partial charge in [-0.15, -0.1) is 0 Å². The van der Waals surface area contributed by atoms with E-state index >= 15 is 0 Å². The zero-order valence-corrected chi connectivity index (χ0v) is 17.3. The molecule has 0 saturated carbocycles. The number of guanidine groups is 1. The van der Waals surface area contributed by atoms with Gasteiger partial charge >= 0.3 is 0 Å². The average molecular weight is 363 g/mol. The fourth-order valence-corrected chi connectivity index (χ4v) is 2.94. The first-order valence-corrected chi connectivity index (χ1v) is 9.96. The van der Waals surface area contributed by atoms with Gasteiger partial charge in [-0.1, -0.05) is 38.1 Å². The Kier molecular flexibility index (Phi) is 11.7. The molecule has 26 heavy (non-hydrogen) atoms. The summed E-state index contributed by atoms with van der Waals surface area (Å²) in [6.07, 6.45) is 2.35. The molecule has 5 nitrogen and oxygen atoms in total. The van der Waals surface area contributed by atoms with Crippen LogP contribution in [0.15, 0.2) is 29.3 Å². The second-order valence-corrected chi connectivity index (χ2v) is 6.66. The van der Waals surface area contributed by atoms with E-state index in [9.17, 15) is 0 Å². The Hall–Kier alpha value is -1.59. The largest absolute Gasteiger partial charge is 0.380 e. The van der Waals surface area contributed by atoms with Crippen LogP contribution in [0.25, 0.3) is 0 Å². The number of methoxy groups -OCH3 is 1. The highest BCUT2D eigenvalue weighted by Gasteiger charge is 2.06. The van der Waals surface area contributed by atoms with E-state index in [4.69, 9.17) is 9.73 Å². The first-order valence-electron chi connectivity index (χ1n) is 9.96. The van der Waals surface area contributed by atoms with E-state index in [1.54, 1.807) is 7.11 Å². The van der Waals surface area contributed by atoms with Crippen molar-refractivity contribution < 1.29 is 4.74 Å². The Bertz CT molecular complexity index is 514. The molecule has 0 radical (unpaired) electrons. The monoisotopic (exact) mass is 362 g/mol. The van der Waals surface area contributed by atoms with Gasteiger partial charge in [0.25, 0.3) is 0 Å². The van der Waals surface area contributed by atoms with Crippen LogP contribution < -0.4 is 10.6 Å². The Morgan fingerprint density at radius 2 is 1.92 bits per heavy atom. The molecule has 2 N–H and O–H groups in total. The third-order valence-corrected chi connectivity index (χ3v) is 4.46. The summed E-state index contributed by atoms with van der Waals surface area (Å²) in [5, 5.41) is 6.88. The van der Waals surface area contributed by atoms with Crippen molar-refractivity contribution in [3.8, 4) is 0 Å². The van der Waals surface area contributed by atoms with Crippen LogP contribution in [0.4, 0.5) is 0 Å². The molecule has 1 aromatic rings. The molecule has 0 saturated heterocycles. The Morgan fingerprint density at radius 3 is 2.58 bits per heavy atom. The van der Waals surface area contributed by atoms with Gasteiger partial charge < -0.3 is 20.3 Å². The molecule has 0 amide bonds. The van der Waals surface area contributed by atoms with Gasteiger partial charge in [-0.2, -0.15) is 0 Å². The first-order chi connectivity index (χ1) is 12.6. The summed E-state index contributed by atoms with van der Waals surface area (Å²) in [4.78, 5) is 7.21. The van der Waals surface area contributed by atoms with Crippen molar-refractivity contribution in [3.05, 3.63) is 35.4 Å². The van der Waals surface area contributed by atoms with Crippen LogP contribution in [-0.2, 0) is 17.9 Å². The van der Waals surface area contributed by atoms with Gasteiger partial charge in [-0.25, -0.2) is 4.99 Å². The zero-order chi connectivity index (χ0) is 19.2. The normalized spacial score (nSPS) is 13.1. The second-order valence-electron chi connectivity index (χ2n) is 6.66. The predicted molar refractivity (Wildman–Crippen MR) is 112 cm³/mol. The lowest BCUT2D eigenvalue weighted by Gasteiger charge is -2.21. The molecule has 1 atom stereocenters. The van der Waals surface area contributed by atoms with Crippen LogP contribution in [0.2, 0.25) is 0 Å². The van der Waals surface area contributed by atoms with Gasteiger partial charge in [-0.05, 0) is 57.5 Å². The number of hydrogen-bond donors (Lipinski definition) is 2. The fraction of sp³-hybridized carbons (Fsp3) is 0.667. The van der Waals surface area contributed by atoms with E-state index in [1.165, 1.54) is 24.1 Å². The first kappa shape index (κ1) is 22.5. The molecule has 1 unspecified atom stereocenters. The van der Waals surface area contributed by atoms with E-state index in [-0.39, 0.29) is 0 Å². The fourth-order valence-electron chi connectivity index (χ4n) is 2.94. The topological polar surface area (TPSA) is 48.9 Å². The zero-order valence-electron chi connectivity index (χ0n) is 17.3. The minimum absolute atomic E-state index is 0.406. The van der Waals surface area contributed by atoms with Gasteiger partial charge in [0, 0.05) is 19.7 Å². The van der Waals surface area contributed by atoms with Crippen LogP contribution in [0.5, 0.6) is 0 Å². The Balaban J connectivity index is 2.53. The number of ether oxygens (including phenoxy) is 1. The van der Waals surface area contributed by atoms with Crippen molar-refractivity contribution in [1.82, 2.24) is 15.5 Å². The van der Waals surface area contributed by atoms with E-state index in [2.05, 4.69) is 67.5 Å². The number of aliphatic imine (C=N–C) groups is 1. The van der Waals surface area contributed by atoms with Crippen molar-refractivity contribution in [2.24, 2.45) is 4.99 Å². The number of benzene rings is 1. The van der Waals surface area contributed by atoms with Crippen molar-refractivity contribution >= 4 is 5.96 Å². The predicted octanol–water partition coefficient (Wildman–Crippen LogP) is 3.40. The lowest BCUT2D eigenvalue weighted by Crippen LogP contribution is -2.42. The molecule has 148 valence electrons. The number of hydrogen-bond acceptors (Lipinski definition) is 3. The summed E-state index contributed by atoms with van der Waals surface area (Å²) in [6, 6.07) is 8.82. The highest BCUT2D eigenvalue weighted by Crippen LogP contribution is 2.08. The molecule has 1 rings (SSSR count). The van der Waals surface area contributed by atoms with Gasteiger partial charge in [0.05, 0.1) is 13.2 Å². The molecular formula is C21H38N4O. The molecule has 0 aliphatic rings. The quantitative estimate of drug-likeness (QED) is 0.442. The smallest absolute Gasteiger partial charge is 0.191 e. The van der Waals surface area contributed by atoms with Crippen molar-refractivity contribution in [2.45, 2.75) is 59.7 Å². The molecule has 0 bridgehead atoms. The third kappa shape index (κ3) is 9.20. The standard InChI is InChI=1S/C21H38N4O/c1-6-22-21(24-18(4)11-10-14-25(7-2)8-3)23-16-19-12-9-13-20(15-19)17-26-5/h9,12-13,15,18H,6-8,10-11,14,16-17H2,1-5H3,(H2,22,23,24). The minimum Gasteiger partial charge on any atom is -0.380 e. The van der Waals surface area contributed by atoms with Crippen LogP contribution >= 0.6 is 0 Å². The maximum atomic E-state index is 5.21. The van der Waals surface area contributed by atoms with Crippen molar-refractivity contribution in [2.75, 3.05) is 33.3 Å². The molecule has 0 aliphatic carbocycles. The lowest BCUT2D eigenvalue weighted by atomic mass is 10.1. The SMILES string of the molecule is CCNC(=NCc1cccc(COC)c1)NC(C)CCCN(CC)CC. The summed E-state index contributed by atoms with van der Waals surface area (Å²) >= 11 is 0. The summed E-state index contributed by atoms with van der Waals surface area (Å²) < 4.78 is 5.21. The molecular weight excluding hydrogens is 324 g/mol. The van der Waals surface area contributed by atoms with E-state index < -0.39 is 0 Å². The Labute approximate surface area is 160 Å². The van der Waals surface area contributed by atoms with Gasteiger partial charge in [-0.3, -0.25) is 0 Å². The van der Waals surface area contributed by atoms with Crippen molar-refractivity contribution in [3.63, 3.8) is 0 Å². The summed E-state index contributed by atoms with van der Waals surface area (Å²) in [6.45, 7) is 14.4.